The van der Waals surface area contributed by atoms with Crippen molar-refractivity contribution in [2.75, 3.05) is 5.32 Å². The van der Waals surface area contributed by atoms with Gasteiger partial charge >= 0.3 is 0 Å². The van der Waals surface area contributed by atoms with Gasteiger partial charge in [0, 0.05) is 31.2 Å². The lowest BCUT2D eigenvalue weighted by Crippen LogP contribution is -2.24. The molecule has 8 nitrogen and oxygen atoms in total. The minimum atomic E-state index is -0.288. The molecule has 8 heteroatoms. The monoisotopic (exact) mass is 310 g/mol. The molecule has 3 aromatic heterocycles. The predicted octanol–water partition coefficient (Wildman–Crippen LogP) is 1.84. The van der Waals surface area contributed by atoms with Gasteiger partial charge in [-0.15, -0.1) is 0 Å². The van der Waals surface area contributed by atoms with E-state index in [0.29, 0.717) is 18.1 Å². The number of carbonyl (C=O) groups is 1. The fourth-order valence-electron chi connectivity index (χ4n) is 1.86. The van der Waals surface area contributed by atoms with Gasteiger partial charge in [0.1, 0.15) is 11.5 Å². The SMILES string of the molecule is Cc1cc(Nc2nccc(C(=O)NCc3ccncc3)n2)no1. The van der Waals surface area contributed by atoms with Gasteiger partial charge in [0.05, 0.1) is 0 Å². The van der Waals surface area contributed by atoms with Gasteiger partial charge in [-0.05, 0) is 30.7 Å². The molecular formula is C15H14N6O2. The van der Waals surface area contributed by atoms with Crippen molar-refractivity contribution in [1.29, 1.82) is 0 Å². The Morgan fingerprint density at radius 2 is 2.04 bits per heavy atom. The molecule has 0 spiro atoms. The Kier molecular flexibility index (Phi) is 4.23. The first-order chi connectivity index (χ1) is 11.2. The topological polar surface area (TPSA) is 106 Å². The van der Waals surface area contributed by atoms with E-state index in [9.17, 15) is 4.79 Å². The van der Waals surface area contributed by atoms with Crippen LogP contribution in [0.2, 0.25) is 0 Å². The van der Waals surface area contributed by atoms with Crippen LogP contribution in [0.15, 0.2) is 47.4 Å². The molecule has 0 aliphatic carbocycles. The summed E-state index contributed by atoms with van der Waals surface area (Å²) in [7, 11) is 0. The molecular weight excluding hydrogens is 296 g/mol. The number of nitrogens with zero attached hydrogens (tertiary/aromatic N) is 4. The third kappa shape index (κ3) is 3.88. The number of anilines is 2. The fourth-order valence-corrected chi connectivity index (χ4v) is 1.86. The summed E-state index contributed by atoms with van der Waals surface area (Å²) in [6.07, 6.45) is 4.85. The number of amides is 1. The lowest BCUT2D eigenvalue weighted by Gasteiger charge is -2.06. The highest BCUT2D eigenvalue weighted by molar-refractivity contribution is 5.92. The average molecular weight is 310 g/mol. The summed E-state index contributed by atoms with van der Waals surface area (Å²) in [5.74, 6) is 1.13. The van der Waals surface area contributed by atoms with Gasteiger partial charge < -0.3 is 15.2 Å². The van der Waals surface area contributed by atoms with Crippen LogP contribution < -0.4 is 10.6 Å². The van der Waals surface area contributed by atoms with Crippen LogP contribution in [0.5, 0.6) is 0 Å². The van der Waals surface area contributed by atoms with Crippen LogP contribution in [0.25, 0.3) is 0 Å². The van der Waals surface area contributed by atoms with Crippen molar-refractivity contribution in [3.63, 3.8) is 0 Å². The lowest BCUT2D eigenvalue weighted by atomic mass is 10.2. The zero-order valence-corrected chi connectivity index (χ0v) is 12.4. The molecule has 2 N–H and O–H groups in total. The number of carbonyl (C=O) groups excluding carboxylic acids is 1. The highest BCUT2D eigenvalue weighted by Gasteiger charge is 2.09. The Hall–Kier alpha value is -3.29. The van der Waals surface area contributed by atoms with Crippen LogP contribution in [0.1, 0.15) is 21.8 Å². The van der Waals surface area contributed by atoms with Crippen molar-refractivity contribution >= 4 is 17.7 Å². The first-order valence-electron chi connectivity index (χ1n) is 6.91. The van der Waals surface area contributed by atoms with Crippen LogP contribution in [-0.4, -0.2) is 26.0 Å². The molecule has 1 amide bonds. The molecule has 0 unspecified atom stereocenters. The maximum atomic E-state index is 12.1. The summed E-state index contributed by atoms with van der Waals surface area (Å²) in [5, 5.41) is 9.46. The smallest absolute Gasteiger partial charge is 0.270 e. The van der Waals surface area contributed by atoms with E-state index in [1.165, 1.54) is 6.20 Å². The third-order valence-corrected chi connectivity index (χ3v) is 2.96. The number of hydrogen-bond acceptors (Lipinski definition) is 7. The van der Waals surface area contributed by atoms with E-state index in [4.69, 9.17) is 4.52 Å². The summed E-state index contributed by atoms with van der Waals surface area (Å²) < 4.78 is 4.95. The van der Waals surface area contributed by atoms with E-state index in [1.54, 1.807) is 31.5 Å². The minimum absolute atomic E-state index is 0.261. The summed E-state index contributed by atoms with van der Waals surface area (Å²) in [6, 6.07) is 6.92. The summed E-state index contributed by atoms with van der Waals surface area (Å²) >= 11 is 0. The highest BCUT2D eigenvalue weighted by atomic mass is 16.5. The molecule has 0 bridgehead atoms. The minimum Gasteiger partial charge on any atom is -0.360 e. The lowest BCUT2D eigenvalue weighted by molar-refractivity contribution is 0.0946. The standard InChI is InChI=1S/C15H14N6O2/c1-10-8-13(21-23-10)20-15-17-7-4-12(19-15)14(22)18-9-11-2-5-16-6-3-11/h2-8H,9H2,1H3,(H,18,22)(H,17,19,20,21). The van der Waals surface area contributed by atoms with Gasteiger partial charge in [-0.1, -0.05) is 5.16 Å². The molecule has 23 heavy (non-hydrogen) atoms. The van der Waals surface area contributed by atoms with Crippen molar-refractivity contribution in [2.45, 2.75) is 13.5 Å². The van der Waals surface area contributed by atoms with Crippen molar-refractivity contribution in [3.8, 4) is 0 Å². The second-order valence-electron chi connectivity index (χ2n) is 4.75. The quantitative estimate of drug-likeness (QED) is 0.740. The second kappa shape index (κ2) is 6.65. The Bertz CT molecular complexity index is 802. The van der Waals surface area contributed by atoms with E-state index in [0.717, 1.165) is 5.56 Å². The number of aryl methyl sites for hydroxylation is 1. The maximum Gasteiger partial charge on any atom is 0.270 e. The fraction of sp³-hybridized carbons (Fsp3) is 0.133. The largest absolute Gasteiger partial charge is 0.360 e. The summed E-state index contributed by atoms with van der Waals surface area (Å²) in [4.78, 5) is 24.3. The van der Waals surface area contributed by atoms with Crippen LogP contribution in [0.3, 0.4) is 0 Å². The van der Waals surface area contributed by atoms with Crippen molar-refractivity contribution in [3.05, 3.63) is 59.9 Å². The van der Waals surface area contributed by atoms with Gasteiger partial charge in [0.25, 0.3) is 5.91 Å². The Labute approximate surface area is 132 Å². The molecule has 0 aromatic carbocycles. The van der Waals surface area contributed by atoms with Gasteiger partial charge in [-0.2, -0.15) is 0 Å². The van der Waals surface area contributed by atoms with Gasteiger partial charge in [0.2, 0.25) is 5.95 Å². The van der Waals surface area contributed by atoms with E-state index >= 15 is 0 Å². The summed E-state index contributed by atoms with van der Waals surface area (Å²) in [6.45, 7) is 2.18. The first kappa shape index (κ1) is 14.6. The van der Waals surface area contributed by atoms with Gasteiger partial charge in [0.15, 0.2) is 5.82 Å². The second-order valence-corrected chi connectivity index (χ2v) is 4.75. The average Bonchev–Trinajstić information content (AvgIpc) is 2.99. The first-order valence-corrected chi connectivity index (χ1v) is 6.91. The number of rotatable bonds is 5. The molecule has 0 radical (unpaired) electrons. The third-order valence-electron chi connectivity index (χ3n) is 2.96. The zero-order chi connectivity index (χ0) is 16.1. The Morgan fingerprint density at radius 3 is 2.78 bits per heavy atom. The normalized spacial score (nSPS) is 10.3. The molecule has 0 atom stereocenters. The highest BCUT2D eigenvalue weighted by Crippen LogP contribution is 2.12. The zero-order valence-electron chi connectivity index (χ0n) is 12.4. The molecule has 0 aliphatic heterocycles. The van der Waals surface area contributed by atoms with Crippen LogP contribution in [0.4, 0.5) is 11.8 Å². The molecule has 3 aromatic rings. The van der Waals surface area contributed by atoms with Crippen LogP contribution in [0, 0.1) is 6.92 Å². The van der Waals surface area contributed by atoms with Crippen molar-refractivity contribution in [1.82, 2.24) is 25.4 Å². The molecule has 0 fully saturated rings. The van der Waals surface area contributed by atoms with Crippen LogP contribution in [-0.2, 0) is 6.54 Å². The Morgan fingerprint density at radius 1 is 1.22 bits per heavy atom. The van der Waals surface area contributed by atoms with E-state index < -0.39 is 0 Å². The summed E-state index contributed by atoms with van der Waals surface area (Å²) in [5.41, 5.74) is 1.22. The van der Waals surface area contributed by atoms with Crippen molar-refractivity contribution in [2.24, 2.45) is 0 Å². The van der Waals surface area contributed by atoms with Crippen molar-refractivity contribution < 1.29 is 9.32 Å². The number of aromatic nitrogens is 4. The molecule has 3 rings (SSSR count). The number of hydrogen-bond donors (Lipinski definition) is 2. The number of pyridine rings is 1. The molecule has 0 saturated carbocycles. The van der Waals surface area contributed by atoms with E-state index in [2.05, 4.69) is 30.7 Å². The molecule has 0 aliphatic rings. The van der Waals surface area contributed by atoms with E-state index in [1.807, 2.05) is 12.1 Å². The van der Waals surface area contributed by atoms with Gasteiger partial charge in [-0.3, -0.25) is 9.78 Å². The Balaban J connectivity index is 1.65. The molecule has 116 valence electrons. The molecule has 3 heterocycles. The van der Waals surface area contributed by atoms with Gasteiger partial charge in [-0.25, -0.2) is 9.97 Å². The number of nitrogens with one attached hydrogen (secondary N) is 2. The molecule has 0 saturated heterocycles. The maximum absolute atomic E-state index is 12.1. The van der Waals surface area contributed by atoms with Crippen LogP contribution >= 0.6 is 0 Å². The van der Waals surface area contributed by atoms with E-state index in [-0.39, 0.29) is 17.5 Å². The predicted molar refractivity (Wildman–Crippen MR) is 82.0 cm³/mol.